The monoisotopic (exact) mass is 355 g/mol. The van der Waals surface area contributed by atoms with Crippen LogP contribution in [0, 0.1) is 5.92 Å². The Morgan fingerprint density at radius 2 is 2.00 bits per heavy atom. The van der Waals surface area contributed by atoms with E-state index in [0.29, 0.717) is 0 Å². The van der Waals surface area contributed by atoms with E-state index in [-0.39, 0.29) is 45.8 Å². The van der Waals surface area contributed by atoms with Gasteiger partial charge in [-0.1, -0.05) is 18.5 Å². The summed E-state index contributed by atoms with van der Waals surface area (Å²) in [7, 11) is -0.116. The highest BCUT2D eigenvalue weighted by Gasteiger charge is 2.59. The van der Waals surface area contributed by atoms with E-state index < -0.39 is 24.3 Å². The number of fused-ring (bicyclic) bond motifs is 1. The zero-order valence-electron chi connectivity index (χ0n) is 16.3. The van der Waals surface area contributed by atoms with Crippen molar-refractivity contribution in [1.82, 2.24) is 0 Å². The molecule has 0 radical (unpaired) electrons. The van der Waals surface area contributed by atoms with Crippen LogP contribution in [0.25, 0.3) is 0 Å². The number of halogens is 1. The summed E-state index contributed by atoms with van der Waals surface area (Å²) in [5.41, 5.74) is -1.78. The Hall–Kier alpha value is -2.21. The molecule has 1 aromatic rings. The Morgan fingerprint density at radius 3 is 2.62 bits per heavy atom. The minimum atomic E-state index is -2.87. The van der Waals surface area contributed by atoms with Gasteiger partial charge in [0.05, 0.1) is 25.4 Å². The summed E-state index contributed by atoms with van der Waals surface area (Å²) in [6.07, 6.45) is 0.971. The molecule has 0 bridgehead atoms. The second kappa shape index (κ2) is 5.70. The van der Waals surface area contributed by atoms with E-state index in [1.807, 2.05) is 0 Å². The number of carbonyl (C=O) groups is 2. The van der Waals surface area contributed by atoms with Crippen LogP contribution in [0.15, 0.2) is 17.9 Å². The van der Waals surface area contributed by atoms with Crippen molar-refractivity contribution in [3.05, 3.63) is 28.5 Å². The second-order valence-electron chi connectivity index (χ2n) is 5.65. The van der Waals surface area contributed by atoms with Crippen molar-refractivity contribution >= 4 is 23.2 Å². The molecule has 1 unspecified atom stereocenters. The smallest absolute Gasteiger partial charge is 0.231 e. The number of rotatable bonds is 3. The molecule has 1 aromatic carbocycles. The number of benzene rings is 1. The van der Waals surface area contributed by atoms with E-state index in [0.717, 1.165) is 6.08 Å². The number of ether oxygens (including phenoxy) is 4. The summed E-state index contributed by atoms with van der Waals surface area (Å²) in [4.78, 5) is 25.4. The van der Waals surface area contributed by atoms with Gasteiger partial charge in [0, 0.05) is 24.5 Å². The zero-order chi connectivity index (χ0) is 20.1. The summed E-state index contributed by atoms with van der Waals surface area (Å²) in [5.74, 6) is -1.64. The SMILES string of the molecule is [2H]C([2H])([2H])OC1=CC(=O)CC(C)[C@]12Oc1c(Cl)c(OC)cc(OC)c1C2=O. The first-order valence-electron chi connectivity index (χ1n) is 8.67. The number of ketones is 2. The maximum absolute atomic E-state index is 13.4. The van der Waals surface area contributed by atoms with Crippen molar-refractivity contribution in [2.24, 2.45) is 5.92 Å². The van der Waals surface area contributed by atoms with Crippen molar-refractivity contribution in [3.63, 3.8) is 0 Å². The first-order chi connectivity index (χ1) is 12.5. The van der Waals surface area contributed by atoms with Crippen LogP contribution in [0.4, 0.5) is 0 Å². The fourth-order valence-electron chi connectivity index (χ4n) is 3.19. The number of carbonyl (C=O) groups excluding carboxylic acids is 2. The summed E-state index contributed by atoms with van der Waals surface area (Å²) in [6, 6.07) is 1.44. The summed E-state index contributed by atoms with van der Waals surface area (Å²) < 4.78 is 43.5. The number of hydrogen-bond acceptors (Lipinski definition) is 6. The predicted molar refractivity (Wildman–Crippen MR) is 86.1 cm³/mol. The van der Waals surface area contributed by atoms with E-state index >= 15 is 0 Å². The molecule has 0 N–H and O–H groups in total. The van der Waals surface area contributed by atoms with Crippen LogP contribution in [0.3, 0.4) is 0 Å². The van der Waals surface area contributed by atoms with Gasteiger partial charge in [-0.3, -0.25) is 9.59 Å². The van der Waals surface area contributed by atoms with Crippen molar-refractivity contribution in [1.29, 1.82) is 0 Å². The Morgan fingerprint density at radius 1 is 1.29 bits per heavy atom. The lowest BCUT2D eigenvalue weighted by Gasteiger charge is -2.36. The van der Waals surface area contributed by atoms with Gasteiger partial charge in [0.2, 0.25) is 11.4 Å². The van der Waals surface area contributed by atoms with Gasteiger partial charge in [0.25, 0.3) is 0 Å². The van der Waals surface area contributed by atoms with Crippen LogP contribution >= 0.6 is 11.6 Å². The molecule has 128 valence electrons. The van der Waals surface area contributed by atoms with E-state index in [1.165, 1.54) is 20.3 Å². The molecule has 1 spiro atoms. The molecule has 1 aliphatic carbocycles. The average Bonchev–Trinajstić information content (AvgIpc) is 2.87. The lowest BCUT2D eigenvalue weighted by molar-refractivity contribution is -0.118. The van der Waals surface area contributed by atoms with Gasteiger partial charge in [-0.05, 0) is 0 Å². The summed E-state index contributed by atoms with van der Waals surface area (Å²) >= 11 is 6.31. The number of methoxy groups -OCH3 is 3. The normalized spacial score (nSPS) is 27.6. The Bertz CT molecular complexity index is 863. The molecular weight excluding hydrogens is 336 g/mol. The van der Waals surface area contributed by atoms with Crippen LogP contribution in [0.5, 0.6) is 17.2 Å². The van der Waals surface area contributed by atoms with Gasteiger partial charge in [-0.2, -0.15) is 0 Å². The van der Waals surface area contributed by atoms with Gasteiger partial charge < -0.3 is 18.9 Å². The molecule has 1 heterocycles. The molecule has 0 amide bonds. The highest BCUT2D eigenvalue weighted by molar-refractivity contribution is 6.35. The fraction of sp³-hybridized carbons (Fsp3) is 0.412. The molecule has 1 aliphatic heterocycles. The molecule has 0 saturated carbocycles. The minimum absolute atomic E-state index is 0.000826. The Balaban J connectivity index is 2.23. The molecule has 0 fully saturated rings. The maximum atomic E-state index is 13.4. The molecule has 0 aromatic heterocycles. The van der Waals surface area contributed by atoms with Crippen molar-refractivity contribution in [2.45, 2.75) is 18.9 Å². The highest BCUT2D eigenvalue weighted by Crippen LogP contribution is 2.54. The van der Waals surface area contributed by atoms with Crippen LogP contribution in [-0.4, -0.2) is 38.4 Å². The molecule has 3 rings (SSSR count). The van der Waals surface area contributed by atoms with Gasteiger partial charge >= 0.3 is 0 Å². The van der Waals surface area contributed by atoms with Crippen molar-refractivity contribution < 1.29 is 32.6 Å². The first-order valence-corrected chi connectivity index (χ1v) is 7.55. The van der Waals surface area contributed by atoms with Crippen LogP contribution in [0.2, 0.25) is 5.02 Å². The highest BCUT2D eigenvalue weighted by atomic mass is 35.5. The van der Waals surface area contributed by atoms with Crippen LogP contribution < -0.4 is 14.2 Å². The van der Waals surface area contributed by atoms with Gasteiger partial charge in [-0.15, -0.1) is 0 Å². The summed E-state index contributed by atoms with van der Waals surface area (Å²) in [5, 5.41) is 0.0378. The number of allylic oxidation sites excluding steroid dienone is 1. The van der Waals surface area contributed by atoms with E-state index in [1.54, 1.807) is 6.92 Å². The second-order valence-corrected chi connectivity index (χ2v) is 6.03. The molecule has 2 aliphatic rings. The number of Topliss-reactive ketones (excluding diaryl/α,β-unsaturated/α-hetero) is 1. The zero-order valence-corrected chi connectivity index (χ0v) is 14.0. The molecule has 6 nitrogen and oxygen atoms in total. The molecule has 0 saturated heterocycles. The lowest BCUT2D eigenvalue weighted by Crippen LogP contribution is -2.51. The van der Waals surface area contributed by atoms with Gasteiger partial charge in [-0.25, -0.2) is 0 Å². The topological polar surface area (TPSA) is 71.1 Å². The summed E-state index contributed by atoms with van der Waals surface area (Å²) in [6.45, 7) is 1.61. The first kappa shape index (κ1) is 13.1. The Kier molecular flexibility index (Phi) is 3.12. The maximum Gasteiger partial charge on any atom is 0.231 e. The molecule has 7 heteroatoms. The number of hydrogen-bond donors (Lipinski definition) is 0. The third-order valence-electron chi connectivity index (χ3n) is 4.39. The standard InChI is InChI=1S/C17H17ClO6/c1-8-5-9(19)6-12(23-4)17(8)16(20)13-10(21-2)7-11(22-3)14(18)15(13)24-17/h6-8H,5H2,1-4H3/t8?,17-/m0/s1/i4D3. The van der Waals surface area contributed by atoms with Gasteiger partial charge in [0.15, 0.2) is 17.3 Å². The molecule has 24 heavy (non-hydrogen) atoms. The van der Waals surface area contributed by atoms with E-state index in [4.69, 9.17) is 34.7 Å². The van der Waals surface area contributed by atoms with Crippen LogP contribution in [-0.2, 0) is 9.53 Å². The van der Waals surface area contributed by atoms with Gasteiger partial charge in [0.1, 0.15) is 22.1 Å². The van der Waals surface area contributed by atoms with E-state index in [2.05, 4.69) is 0 Å². The molecule has 2 atom stereocenters. The predicted octanol–water partition coefficient (Wildman–Crippen LogP) is 2.81. The average molecular weight is 356 g/mol. The van der Waals surface area contributed by atoms with Crippen molar-refractivity contribution in [3.8, 4) is 17.2 Å². The largest absolute Gasteiger partial charge is 0.496 e. The third-order valence-corrected chi connectivity index (χ3v) is 4.75. The van der Waals surface area contributed by atoms with Crippen molar-refractivity contribution in [2.75, 3.05) is 21.3 Å². The third kappa shape index (κ3) is 2.02. The quantitative estimate of drug-likeness (QED) is 0.830. The Labute approximate surface area is 148 Å². The van der Waals surface area contributed by atoms with Crippen LogP contribution in [0.1, 0.15) is 27.8 Å². The minimum Gasteiger partial charge on any atom is -0.496 e. The molecular formula is C17H17ClO6. The fourth-order valence-corrected chi connectivity index (χ4v) is 3.46. The lowest BCUT2D eigenvalue weighted by atomic mass is 9.75. The van der Waals surface area contributed by atoms with E-state index in [9.17, 15) is 9.59 Å².